The van der Waals surface area contributed by atoms with E-state index in [0.29, 0.717) is 5.88 Å². The third-order valence-corrected chi connectivity index (χ3v) is 5.49. The fourth-order valence-corrected chi connectivity index (χ4v) is 4.17. The topological polar surface area (TPSA) is 49.2 Å². The Morgan fingerprint density at radius 1 is 1.07 bits per heavy atom. The van der Waals surface area contributed by atoms with E-state index in [1.54, 1.807) is 25.4 Å². The van der Waals surface area contributed by atoms with Crippen LogP contribution in [-0.2, 0) is 6.42 Å². The molecule has 2 aromatic heterocycles. The molecule has 0 N–H and O–H groups in total. The number of benzene rings is 2. The highest BCUT2D eigenvalue weighted by Crippen LogP contribution is 2.40. The Morgan fingerprint density at radius 2 is 1.90 bits per heavy atom. The molecule has 152 valence electrons. The smallest absolute Gasteiger partial charge is 0.387 e. The quantitative estimate of drug-likeness (QED) is 0.454. The monoisotopic (exact) mass is 407 g/mol. The zero-order valence-corrected chi connectivity index (χ0v) is 16.3. The van der Waals surface area contributed by atoms with Crippen LogP contribution in [0.4, 0.5) is 8.78 Å². The van der Waals surface area contributed by atoms with Crippen molar-refractivity contribution in [3.63, 3.8) is 0 Å². The number of imidazole rings is 1. The van der Waals surface area contributed by atoms with Crippen molar-refractivity contribution in [2.45, 2.75) is 25.5 Å². The first-order chi connectivity index (χ1) is 14.6. The number of rotatable bonds is 5. The van der Waals surface area contributed by atoms with Crippen LogP contribution in [0, 0.1) is 0 Å². The van der Waals surface area contributed by atoms with Crippen molar-refractivity contribution in [1.82, 2.24) is 14.5 Å². The second kappa shape index (κ2) is 7.40. The zero-order chi connectivity index (χ0) is 20.7. The van der Waals surface area contributed by atoms with Crippen molar-refractivity contribution < 1.29 is 18.3 Å². The normalized spacial score (nSPS) is 15.5. The molecular formula is C23H19F2N3O2. The minimum absolute atomic E-state index is 0.107. The molecule has 0 aliphatic carbocycles. The Kier molecular flexibility index (Phi) is 4.58. The van der Waals surface area contributed by atoms with Gasteiger partial charge in [-0.1, -0.05) is 24.3 Å². The van der Waals surface area contributed by atoms with Crippen LogP contribution in [0.15, 0.2) is 60.8 Å². The van der Waals surface area contributed by atoms with Gasteiger partial charge in [0.2, 0.25) is 5.88 Å². The van der Waals surface area contributed by atoms with Gasteiger partial charge in [0.1, 0.15) is 11.6 Å². The number of para-hydroxylation sites is 1. The van der Waals surface area contributed by atoms with E-state index in [2.05, 4.69) is 15.6 Å². The summed E-state index contributed by atoms with van der Waals surface area (Å²) in [4.78, 5) is 9.04. The average Bonchev–Trinajstić information content (AvgIpc) is 3.33. The van der Waals surface area contributed by atoms with Gasteiger partial charge in [-0.15, -0.1) is 0 Å². The number of ether oxygens (including phenoxy) is 2. The Bertz CT molecular complexity index is 1210. The summed E-state index contributed by atoms with van der Waals surface area (Å²) in [5, 5.41) is 0. The lowest BCUT2D eigenvalue weighted by Gasteiger charge is -2.19. The highest BCUT2D eigenvalue weighted by Gasteiger charge is 2.29. The van der Waals surface area contributed by atoms with Crippen molar-refractivity contribution >= 4 is 11.0 Å². The zero-order valence-electron chi connectivity index (χ0n) is 16.3. The first-order valence-corrected chi connectivity index (χ1v) is 9.69. The molecule has 7 heteroatoms. The van der Waals surface area contributed by atoms with Gasteiger partial charge in [0.25, 0.3) is 0 Å². The Labute approximate surface area is 171 Å². The van der Waals surface area contributed by atoms with E-state index in [9.17, 15) is 8.78 Å². The van der Waals surface area contributed by atoms with Crippen LogP contribution in [-0.4, -0.2) is 28.3 Å². The van der Waals surface area contributed by atoms with E-state index in [-0.39, 0.29) is 11.8 Å². The number of hydrogen-bond acceptors (Lipinski definition) is 4. The minimum Gasteiger partial charge on any atom is -0.481 e. The number of fused-ring (bicyclic) bond motifs is 3. The van der Waals surface area contributed by atoms with E-state index >= 15 is 0 Å². The number of hydrogen-bond donors (Lipinski definition) is 0. The number of aromatic nitrogens is 3. The summed E-state index contributed by atoms with van der Waals surface area (Å²) >= 11 is 0. The summed E-state index contributed by atoms with van der Waals surface area (Å²) < 4.78 is 37.9. The minimum atomic E-state index is -2.86. The summed E-state index contributed by atoms with van der Waals surface area (Å²) in [6, 6.07) is 16.7. The van der Waals surface area contributed by atoms with Crippen LogP contribution < -0.4 is 9.47 Å². The molecule has 1 aliphatic rings. The lowest BCUT2D eigenvalue weighted by molar-refractivity contribution is -0.0506. The third-order valence-electron chi connectivity index (χ3n) is 5.49. The highest BCUT2D eigenvalue weighted by molar-refractivity contribution is 5.83. The number of pyridine rings is 1. The number of halogens is 2. The van der Waals surface area contributed by atoms with E-state index in [0.717, 1.165) is 46.4 Å². The summed E-state index contributed by atoms with van der Waals surface area (Å²) in [6.45, 7) is -2.86. The molecule has 5 rings (SSSR count). The van der Waals surface area contributed by atoms with Crippen molar-refractivity contribution in [3.8, 4) is 22.8 Å². The number of aryl methyl sites for hydroxylation is 1. The van der Waals surface area contributed by atoms with Crippen LogP contribution in [0.3, 0.4) is 0 Å². The maximum atomic E-state index is 12.9. The van der Waals surface area contributed by atoms with Crippen LogP contribution in [0.5, 0.6) is 11.6 Å². The Hall–Kier alpha value is -3.48. The highest BCUT2D eigenvalue weighted by atomic mass is 19.3. The van der Waals surface area contributed by atoms with E-state index < -0.39 is 6.61 Å². The van der Waals surface area contributed by atoms with E-state index in [4.69, 9.17) is 14.5 Å². The molecule has 0 amide bonds. The molecule has 0 radical (unpaired) electrons. The Morgan fingerprint density at radius 3 is 2.67 bits per heavy atom. The van der Waals surface area contributed by atoms with Gasteiger partial charge in [-0.3, -0.25) is 0 Å². The average molecular weight is 407 g/mol. The van der Waals surface area contributed by atoms with Gasteiger partial charge >= 0.3 is 6.61 Å². The maximum Gasteiger partial charge on any atom is 0.387 e. The standard InChI is InChI=1S/C23H19F2N3O2/c1-29-22-11-7-15(13-26-22)14-6-8-17-19(12-14)28-18(9-10-21(28)27-17)16-4-2-3-5-20(16)30-23(24)25/h2-8,11-13,18,23H,9-10H2,1H3/t18-/m1/s1. The Balaban J connectivity index is 1.60. The van der Waals surface area contributed by atoms with E-state index in [1.165, 1.54) is 0 Å². The van der Waals surface area contributed by atoms with Gasteiger partial charge in [-0.2, -0.15) is 8.78 Å². The molecule has 1 aliphatic heterocycles. The molecule has 5 nitrogen and oxygen atoms in total. The molecule has 1 atom stereocenters. The number of alkyl halides is 2. The first kappa shape index (κ1) is 18.5. The molecule has 0 bridgehead atoms. The summed E-state index contributed by atoms with van der Waals surface area (Å²) in [6.07, 6.45) is 3.34. The van der Waals surface area contributed by atoms with Crippen LogP contribution in [0.25, 0.3) is 22.2 Å². The van der Waals surface area contributed by atoms with Gasteiger partial charge in [0.15, 0.2) is 0 Å². The molecule has 0 spiro atoms. The molecule has 2 aromatic carbocycles. The molecule has 0 saturated heterocycles. The summed E-state index contributed by atoms with van der Waals surface area (Å²) in [7, 11) is 1.58. The SMILES string of the molecule is COc1ccc(-c2ccc3nc4n(c3c2)[C@@H](c2ccccc2OC(F)F)CC4)cn1. The largest absolute Gasteiger partial charge is 0.481 e. The molecule has 0 unspecified atom stereocenters. The predicted octanol–water partition coefficient (Wildman–Crippen LogP) is 5.24. The molecule has 3 heterocycles. The van der Waals surface area contributed by atoms with Crippen molar-refractivity contribution in [2.24, 2.45) is 0 Å². The summed E-state index contributed by atoms with van der Waals surface area (Å²) in [5.74, 6) is 1.72. The summed E-state index contributed by atoms with van der Waals surface area (Å²) in [5.41, 5.74) is 4.56. The van der Waals surface area contributed by atoms with Gasteiger partial charge < -0.3 is 14.0 Å². The van der Waals surface area contributed by atoms with Crippen LogP contribution >= 0.6 is 0 Å². The fourth-order valence-electron chi connectivity index (χ4n) is 4.17. The lowest BCUT2D eigenvalue weighted by Crippen LogP contribution is -2.10. The van der Waals surface area contributed by atoms with E-state index in [1.807, 2.05) is 36.4 Å². The van der Waals surface area contributed by atoms with Gasteiger partial charge in [0, 0.05) is 29.8 Å². The van der Waals surface area contributed by atoms with Crippen LogP contribution in [0.2, 0.25) is 0 Å². The van der Waals surface area contributed by atoms with Crippen molar-refractivity contribution in [2.75, 3.05) is 7.11 Å². The third kappa shape index (κ3) is 3.16. The van der Waals surface area contributed by atoms with Gasteiger partial charge in [-0.05, 0) is 36.2 Å². The number of methoxy groups -OCH3 is 1. The van der Waals surface area contributed by atoms with Gasteiger partial charge in [0.05, 0.1) is 24.2 Å². The lowest BCUT2D eigenvalue weighted by atomic mass is 10.0. The van der Waals surface area contributed by atoms with Crippen molar-refractivity contribution in [3.05, 3.63) is 72.2 Å². The second-order valence-electron chi connectivity index (χ2n) is 7.16. The predicted molar refractivity (Wildman–Crippen MR) is 109 cm³/mol. The van der Waals surface area contributed by atoms with Gasteiger partial charge in [-0.25, -0.2) is 9.97 Å². The molecule has 0 fully saturated rings. The molecule has 0 saturated carbocycles. The fraction of sp³-hybridized carbons (Fsp3) is 0.217. The van der Waals surface area contributed by atoms with Crippen LogP contribution in [0.1, 0.15) is 23.9 Å². The maximum absolute atomic E-state index is 12.9. The molecule has 30 heavy (non-hydrogen) atoms. The second-order valence-corrected chi connectivity index (χ2v) is 7.16. The molecular weight excluding hydrogens is 388 g/mol. The number of nitrogens with zero attached hydrogens (tertiary/aromatic N) is 3. The van der Waals surface area contributed by atoms with Crippen molar-refractivity contribution in [1.29, 1.82) is 0 Å². The molecule has 4 aromatic rings. The first-order valence-electron chi connectivity index (χ1n) is 9.69.